The number of aromatic amines is 1. The van der Waals surface area contributed by atoms with Crippen LogP contribution in [0.1, 0.15) is 31.2 Å². The van der Waals surface area contributed by atoms with Crippen molar-refractivity contribution in [2.45, 2.75) is 32.7 Å². The van der Waals surface area contributed by atoms with E-state index in [0.717, 1.165) is 12.8 Å². The molecule has 0 aliphatic heterocycles. The lowest BCUT2D eigenvalue weighted by Gasteiger charge is -2.07. The van der Waals surface area contributed by atoms with Crippen LogP contribution in [-0.4, -0.2) is 44.2 Å². The number of imidazole rings is 1. The molecule has 10 heteroatoms. The second kappa shape index (κ2) is 8.51. The van der Waals surface area contributed by atoms with Crippen LogP contribution in [0.5, 0.6) is 6.01 Å². The molecule has 0 saturated carbocycles. The van der Waals surface area contributed by atoms with Gasteiger partial charge in [-0.3, -0.25) is 14.3 Å². The van der Waals surface area contributed by atoms with Crippen molar-refractivity contribution in [2.75, 3.05) is 19.5 Å². The van der Waals surface area contributed by atoms with Gasteiger partial charge in [-0.2, -0.15) is 9.97 Å². The van der Waals surface area contributed by atoms with Crippen LogP contribution in [0, 0.1) is 0 Å². The summed E-state index contributed by atoms with van der Waals surface area (Å²) in [6, 6.07) is 5.37. The van der Waals surface area contributed by atoms with E-state index in [1.165, 1.54) is 11.7 Å². The Bertz CT molecular complexity index is 1040. The number of esters is 1. The van der Waals surface area contributed by atoms with E-state index in [-0.39, 0.29) is 36.5 Å². The highest BCUT2D eigenvalue weighted by atomic mass is 16.5. The molecular weight excluding hydrogens is 364 g/mol. The number of ether oxygens (including phenoxy) is 2. The van der Waals surface area contributed by atoms with Crippen molar-refractivity contribution in [3.63, 3.8) is 0 Å². The van der Waals surface area contributed by atoms with Gasteiger partial charge in [-0.25, -0.2) is 4.79 Å². The molecule has 0 bridgehead atoms. The zero-order chi connectivity index (χ0) is 20.1. The minimum atomic E-state index is -0.387. The van der Waals surface area contributed by atoms with Crippen LogP contribution in [0.2, 0.25) is 0 Å². The Morgan fingerprint density at radius 1 is 1.25 bits per heavy atom. The lowest BCUT2D eigenvalue weighted by molar-refractivity contribution is -0.139. The molecule has 0 unspecified atom stereocenters. The fourth-order valence-electron chi connectivity index (χ4n) is 2.65. The van der Waals surface area contributed by atoms with Gasteiger partial charge in [0.2, 0.25) is 0 Å². The first-order chi connectivity index (χ1) is 13.5. The molecule has 3 aromatic rings. The number of fused-ring (bicyclic) bond motifs is 1. The van der Waals surface area contributed by atoms with E-state index >= 15 is 0 Å². The predicted molar refractivity (Wildman–Crippen MR) is 102 cm³/mol. The van der Waals surface area contributed by atoms with Gasteiger partial charge < -0.3 is 20.2 Å². The molecule has 0 spiro atoms. The van der Waals surface area contributed by atoms with Crippen LogP contribution in [-0.2, 0) is 22.5 Å². The number of anilines is 1. The fourth-order valence-corrected chi connectivity index (χ4v) is 2.65. The van der Waals surface area contributed by atoms with Crippen LogP contribution in [0.15, 0.2) is 23.0 Å². The molecule has 10 nitrogen and oxygen atoms in total. The molecule has 3 rings (SSSR count). The van der Waals surface area contributed by atoms with Crippen molar-refractivity contribution in [1.29, 1.82) is 0 Å². The summed E-state index contributed by atoms with van der Waals surface area (Å²) in [7, 11) is 1.32. The van der Waals surface area contributed by atoms with E-state index in [1.54, 1.807) is 18.2 Å². The average Bonchev–Trinajstić information content (AvgIpc) is 2.98. The van der Waals surface area contributed by atoms with Crippen molar-refractivity contribution in [2.24, 2.45) is 0 Å². The second-order valence-corrected chi connectivity index (χ2v) is 6.18. The molecule has 3 heterocycles. The van der Waals surface area contributed by atoms with Crippen LogP contribution in [0.4, 0.5) is 5.82 Å². The molecule has 0 amide bonds. The SMILES string of the molecule is CCCCOc1nc(N)c2[nH]c(=O)n(Cc3cccc(CC(=O)OC)n3)c2n1. The topological polar surface area (TPSA) is 138 Å². The highest BCUT2D eigenvalue weighted by Gasteiger charge is 2.15. The maximum atomic E-state index is 12.4. The third-order valence-corrected chi connectivity index (χ3v) is 4.10. The maximum Gasteiger partial charge on any atom is 0.328 e. The Labute approximate surface area is 160 Å². The zero-order valence-corrected chi connectivity index (χ0v) is 15.8. The summed E-state index contributed by atoms with van der Waals surface area (Å²) in [5.74, 6) is -0.247. The van der Waals surface area contributed by atoms with Gasteiger partial charge >= 0.3 is 17.7 Å². The Hall–Kier alpha value is -3.43. The number of nitrogens with zero attached hydrogens (tertiary/aromatic N) is 4. The van der Waals surface area contributed by atoms with Crippen molar-refractivity contribution in [3.8, 4) is 6.01 Å². The van der Waals surface area contributed by atoms with Crippen molar-refractivity contribution < 1.29 is 14.3 Å². The molecule has 28 heavy (non-hydrogen) atoms. The largest absolute Gasteiger partial charge is 0.469 e. The molecule has 0 aliphatic carbocycles. The molecule has 0 radical (unpaired) electrons. The van der Waals surface area contributed by atoms with E-state index in [1.807, 2.05) is 6.92 Å². The lowest BCUT2D eigenvalue weighted by atomic mass is 10.2. The standard InChI is InChI=1S/C18H22N6O4/c1-3-4-8-28-17-22-15(19)14-16(23-17)24(18(26)21-14)10-12-7-5-6-11(20-12)9-13(25)27-2/h5-7H,3-4,8-10H2,1-2H3,(H,21,26)(H2,19,22,23). The van der Waals surface area contributed by atoms with Gasteiger partial charge in [0.15, 0.2) is 11.5 Å². The molecule has 3 aromatic heterocycles. The number of unbranched alkanes of at least 4 members (excludes halogenated alkanes) is 1. The Morgan fingerprint density at radius 3 is 2.79 bits per heavy atom. The van der Waals surface area contributed by atoms with Crippen molar-refractivity contribution in [3.05, 3.63) is 40.1 Å². The molecule has 148 valence electrons. The summed E-state index contributed by atoms with van der Waals surface area (Å²) in [5, 5.41) is 0. The number of nitrogens with one attached hydrogen (secondary N) is 1. The van der Waals surface area contributed by atoms with Crippen LogP contribution in [0.3, 0.4) is 0 Å². The molecule has 0 saturated heterocycles. The van der Waals surface area contributed by atoms with E-state index in [4.69, 9.17) is 10.5 Å². The van der Waals surface area contributed by atoms with E-state index in [0.29, 0.717) is 29.2 Å². The minimum Gasteiger partial charge on any atom is -0.469 e. The summed E-state index contributed by atoms with van der Waals surface area (Å²) in [4.78, 5) is 39.4. The van der Waals surface area contributed by atoms with Gasteiger partial charge in [-0.1, -0.05) is 19.4 Å². The highest BCUT2D eigenvalue weighted by Crippen LogP contribution is 2.18. The number of carbonyl (C=O) groups is 1. The lowest BCUT2D eigenvalue weighted by Crippen LogP contribution is -2.19. The number of carbonyl (C=O) groups excluding carboxylic acids is 1. The quantitative estimate of drug-likeness (QED) is 0.432. The molecular formula is C18H22N6O4. The van der Waals surface area contributed by atoms with Crippen LogP contribution < -0.4 is 16.2 Å². The van der Waals surface area contributed by atoms with Crippen LogP contribution in [0.25, 0.3) is 11.2 Å². The van der Waals surface area contributed by atoms with Gasteiger partial charge in [-0.05, 0) is 18.6 Å². The van der Waals surface area contributed by atoms with Gasteiger partial charge in [0, 0.05) is 0 Å². The molecule has 3 N–H and O–H groups in total. The number of pyridine rings is 1. The number of H-pyrrole nitrogens is 1. The van der Waals surface area contributed by atoms with Gasteiger partial charge in [0.1, 0.15) is 5.52 Å². The smallest absolute Gasteiger partial charge is 0.328 e. The summed E-state index contributed by atoms with van der Waals surface area (Å²) < 4.78 is 11.6. The van der Waals surface area contributed by atoms with Gasteiger partial charge in [0.25, 0.3) is 0 Å². The normalized spacial score (nSPS) is 10.9. The monoisotopic (exact) mass is 386 g/mol. The molecule has 0 fully saturated rings. The number of hydrogen-bond donors (Lipinski definition) is 2. The number of nitrogens with two attached hydrogens (primary N) is 1. The average molecular weight is 386 g/mol. The predicted octanol–water partition coefficient (Wildman–Crippen LogP) is 1.04. The van der Waals surface area contributed by atoms with Gasteiger partial charge in [0.05, 0.1) is 38.1 Å². The number of rotatable bonds is 8. The first kappa shape index (κ1) is 19.3. The molecule has 0 aromatic carbocycles. The summed E-state index contributed by atoms with van der Waals surface area (Å²) in [6.07, 6.45) is 1.88. The highest BCUT2D eigenvalue weighted by molar-refractivity contribution is 5.81. The maximum absolute atomic E-state index is 12.4. The fraction of sp³-hybridized carbons (Fsp3) is 0.389. The first-order valence-electron chi connectivity index (χ1n) is 8.92. The van der Waals surface area contributed by atoms with Crippen LogP contribution >= 0.6 is 0 Å². The number of hydrogen-bond acceptors (Lipinski definition) is 8. The Balaban J connectivity index is 1.92. The second-order valence-electron chi connectivity index (χ2n) is 6.18. The van der Waals surface area contributed by atoms with E-state index in [2.05, 4.69) is 24.7 Å². The molecule has 0 atom stereocenters. The summed E-state index contributed by atoms with van der Waals surface area (Å²) in [6.45, 7) is 2.67. The van der Waals surface area contributed by atoms with Crippen molar-refractivity contribution in [1.82, 2.24) is 24.5 Å². The third kappa shape index (κ3) is 4.27. The van der Waals surface area contributed by atoms with E-state index in [9.17, 15) is 9.59 Å². The van der Waals surface area contributed by atoms with E-state index < -0.39 is 0 Å². The Kier molecular flexibility index (Phi) is 5.87. The number of nitrogen functional groups attached to an aromatic ring is 1. The zero-order valence-electron chi connectivity index (χ0n) is 15.8. The summed E-state index contributed by atoms with van der Waals surface area (Å²) in [5.41, 5.74) is 7.39. The van der Waals surface area contributed by atoms with Gasteiger partial charge in [-0.15, -0.1) is 0 Å². The summed E-state index contributed by atoms with van der Waals surface area (Å²) >= 11 is 0. The Morgan fingerprint density at radius 2 is 2.04 bits per heavy atom. The van der Waals surface area contributed by atoms with Crippen molar-refractivity contribution >= 4 is 23.0 Å². The number of aromatic nitrogens is 5. The molecule has 0 aliphatic rings. The first-order valence-corrected chi connectivity index (χ1v) is 8.92. The minimum absolute atomic E-state index is 0.0532. The number of methoxy groups -OCH3 is 1. The third-order valence-electron chi connectivity index (χ3n) is 4.10.